The van der Waals surface area contributed by atoms with E-state index in [1.54, 1.807) is 0 Å². The second-order valence-corrected chi connectivity index (χ2v) is 5.88. The van der Waals surface area contributed by atoms with E-state index in [2.05, 4.69) is 48.5 Å². The van der Waals surface area contributed by atoms with Crippen LogP contribution in [0.2, 0.25) is 0 Å². The Bertz CT molecular complexity index is 112. The van der Waals surface area contributed by atoms with Crippen molar-refractivity contribution in [1.29, 1.82) is 0 Å². The van der Waals surface area contributed by atoms with Crippen molar-refractivity contribution in [2.75, 3.05) is 0 Å². The van der Waals surface area contributed by atoms with E-state index in [9.17, 15) is 0 Å². The van der Waals surface area contributed by atoms with E-state index in [4.69, 9.17) is 0 Å². The first kappa shape index (κ1) is 14.5. The molecule has 0 aliphatic carbocycles. The average Bonchev–Trinajstić information content (AvgIpc) is 1.56. The van der Waals surface area contributed by atoms with Gasteiger partial charge in [0.25, 0.3) is 0 Å². The van der Waals surface area contributed by atoms with Crippen LogP contribution in [0.3, 0.4) is 0 Å². The molecule has 0 aliphatic heterocycles. The van der Waals surface area contributed by atoms with Crippen LogP contribution in [0.15, 0.2) is 0 Å². The first-order valence-corrected chi connectivity index (χ1v) is 4.65. The standard InChI is InChI=1S/C11H24.CH4/c1-9(2)11(6,7)8-10(3,4)5;/h9H,8H2,1-7H3;1H4. The fraction of sp³-hybridized carbons (Fsp3) is 1.00. The summed E-state index contributed by atoms with van der Waals surface area (Å²) in [5.74, 6) is 0.779. The van der Waals surface area contributed by atoms with Gasteiger partial charge >= 0.3 is 0 Å². The first-order chi connectivity index (χ1) is 4.65. The summed E-state index contributed by atoms with van der Waals surface area (Å²) in [7, 11) is 0. The third-order valence-electron chi connectivity index (χ3n) is 2.55. The Kier molecular flexibility index (Phi) is 5.20. The summed E-state index contributed by atoms with van der Waals surface area (Å²) in [5, 5.41) is 0. The van der Waals surface area contributed by atoms with Crippen LogP contribution < -0.4 is 0 Å². The molecular weight excluding hydrogens is 144 g/mol. The van der Waals surface area contributed by atoms with Crippen molar-refractivity contribution in [3.05, 3.63) is 0 Å². The molecule has 0 unspecified atom stereocenters. The van der Waals surface area contributed by atoms with Crippen LogP contribution in [0.25, 0.3) is 0 Å². The normalized spacial score (nSPS) is 13.0. The van der Waals surface area contributed by atoms with Crippen LogP contribution >= 0.6 is 0 Å². The van der Waals surface area contributed by atoms with Crippen LogP contribution in [0.5, 0.6) is 0 Å². The molecule has 12 heavy (non-hydrogen) atoms. The van der Waals surface area contributed by atoms with Crippen molar-refractivity contribution in [3.8, 4) is 0 Å². The topological polar surface area (TPSA) is 0 Å². The predicted octanol–water partition coefficient (Wildman–Crippen LogP) is 4.74. The van der Waals surface area contributed by atoms with Gasteiger partial charge in [-0.15, -0.1) is 0 Å². The highest BCUT2D eigenvalue weighted by Crippen LogP contribution is 2.38. The van der Waals surface area contributed by atoms with Gasteiger partial charge in [-0.05, 0) is 23.2 Å². The Hall–Kier alpha value is 0. The maximum atomic E-state index is 2.36. The van der Waals surface area contributed by atoms with Gasteiger partial charge in [0.1, 0.15) is 0 Å². The molecule has 0 bridgehead atoms. The molecule has 0 aromatic rings. The van der Waals surface area contributed by atoms with E-state index in [0.29, 0.717) is 10.8 Å². The van der Waals surface area contributed by atoms with Crippen molar-refractivity contribution in [2.24, 2.45) is 16.7 Å². The number of hydrogen-bond donors (Lipinski definition) is 0. The molecule has 0 heteroatoms. The quantitative estimate of drug-likeness (QED) is 0.564. The molecule has 0 atom stereocenters. The Morgan fingerprint density at radius 1 is 0.917 bits per heavy atom. The molecule has 0 spiro atoms. The monoisotopic (exact) mass is 172 g/mol. The zero-order chi connectivity index (χ0) is 9.28. The number of rotatable bonds is 2. The van der Waals surface area contributed by atoms with Crippen LogP contribution in [-0.4, -0.2) is 0 Å². The van der Waals surface area contributed by atoms with E-state index in [1.807, 2.05) is 0 Å². The molecule has 0 N–H and O–H groups in total. The van der Waals surface area contributed by atoms with Crippen LogP contribution in [0.1, 0.15) is 62.3 Å². The van der Waals surface area contributed by atoms with Gasteiger partial charge in [-0.2, -0.15) is 0 Å². The lowest BCUT2D eigenvalue weighted by molar-refractivity contribution is 0.152. The molecule has 0 fully saturated rings. The van der Waals surface area contributed by atoms with Gasteiger partial charge in [0.2, 0.25) is 0 Å². The molecule has 0 saturated carbocycles. The molecule has 0 aromatic heterocycles. The van der Waals surface area contributed by atoms with Gasteiger partial charge in [0.05, 0.1) is 0 Å². The van der Waals surface area contributed by atoms with Crippen molar-refractivity contribution in [1.82, 2.24) is 0 Å². The minimum Gasteiger partial charge on any atom is -0.0776 e. The second kappa shape index (κ2) is 4.30. The fourth-order valence-electron chi connectivity index (χ4n) is 1.57. The largest absolute Gasteiger partial charge is 0.0776 e. The van der Waals surface area contributed by atoms with Gasteiger partial charge in [0.15, 0.2) is 0 Å². The third-order valence-corrected chi connectivity index (χ3v) is 2.55. The Morgan fingerprint density at radius 2 is 1.25 bits per heavy atom. The van der Waals surface area contributed by atoms with E-state index < -0.39 is 0 Å². The lowest BCUT2D eigenvalue weighted by Crippen LogP contribution is -2.25. The average molecular weight is 172 g/mol. The van der Waals surface area contributed by atoms with Gasteiger partial charge in [-0.3, -0.25) is 0 Å². The molecule has 0 amide bonds. The molecule has 0 heterocycles. The molecule has 76 valence electrons. The third kappa shape index (κ3) is 5.62. The van der Waals surface area contributed by atoms with Crippen molar-refractivity contribution in [2.45, 2.75) is 62.3 Å². The van der Waals surface area contributed by atoms with E-state index in [-0.39, 0.29) is 7.43 Å². The first-order valence-electron chi connectivity index (χ1n) is 4.65. The number of hydrogen-bond acceptors (Lipinski definition) is 0. The smallest absolute Gasteiger partial charge is 0.0326 e. The van der Waals surface area contributed by atoms with Crippen molar-refractivity contribution >= 4 is 0 Å². The molecule has 0 aliphatic rings. The minimum atomic E-state index is 0. The van der Waals surface area contributed by atoms with Crippen LogP contribution in [0.4, 0.5) is 0 Å². The SMILES string of the molecule is C.CC(C)C(C)(C)CC(C)(C)C. The van der Waals surface area contributed by atoms with Crippen LogP contribution in [-0.2, 0) is 0 Å². The molecule has 0 radical (unpaired) electrons. The summed E-state index contributed by atoms with van der Waals surface area (Å²) < 4.78 is 0. The lowest BCUT2D eigenvalue weighted by Gasteiger charge is -2.35. The molecule has 0 aromatic carbocycles. The van der Waals surface area contributed by atoms with E-state index in [1.165, 1.54) is 6.42 Å². The zero-order valence-electron chi connectivity index (χ0n) is 9.28. The minimum absolute atomic E-state index is 0. The van der Waals surface area contributed by atoms with E-state index in [0.717, 1.165) is 5.92 Å². The summed E-state index contributed by atoms with van der Waals surface area (Å²) in [6, 6.07) is 0. The van der Waals surface area contributed by atoms with Gasteiger partial charge in [0, 0.05) is 0 Å². The Balaban J connectivity index is 0. The summed E-state index contributed by atoms with van der Waals surface area (Å²) in [4.78, 5) is 0. The van der Waals surface area contributed by atoms with E-state index >= 15 is 0 Å². The maximum Gasteiger partial charge on any atom is -0.0326 e. The summed E-state index contributed by atoms with van der Waals surface area (Å²) in [6.07, 6.45) is 1.30. The summed E-state index contributed by atoms with van der Waals surface area (Å²) in [5.41, 5.74) is 0.950. The second-order valence-electron chi connectivity index (χ2n) is 5.88. The lowest BCUT2D eigenvalue weighted by atomic mass is 9.70. The van der Waals surface area contributed by atoms with Gasteiger partial charge in [-0.1, -0.05) is 55.9 Å². The zero-order valence-corrected chi connectivity index (χ0v) is 9.28. The predicted molar refractivity (Wildman–Crippen MR) is 59.4 cm³/mol. The highest BCUT2D eigenvalue weighted by Gasteiger charge is 2.27. The van der Waals surface area contributed by atoms with Crippen molar-refractivity contribution < 1.29 is 0 Å². The van der Waals surface area contributed by atoms with Crippen LogP contribution in [0, 0.1) is 16.7 Å². The Labute approximate surface area is 79.8 Å². The Morgan fingerprint density at radius 3 is 1.33 bits per heavy atom. The highest BCUT2D eigenvalue weighted by atomic mass is 14.3. The highest BCUT2D eigenvalue weighted by molar-refractivity contribution is 4.78. The summed E-state index contributed by atoms with van der Waals surface area (Å²) in [6.45, 7) is 16.3. The molecule has 0 saturated heterocycles. The summed E-state index contributed by atoms with van der Waals surface area (Å²) >= 11 is 0. The maximum absolute atomic E-state index is 2.36. The van der Waals surface area contributed by atoms with Gasteiger partial charge < -0.3 is 0 Å². The molecule has 0 nitrogen and oxygen atoms in total. The van der Waals surface area contributed by atoms with Crippen molar-refractivity contribution in [3.63, 3.8) is 0 Å². The fourth-order valence-corrected chi connectivity index (χ4v) is 1.57. The molecular formula is C12H28. The van der Waals surface area contributed by atoms with Gasteiger partial charge in [-0.25, -0.2) is 0 Å². The molecule has 0 rings (SSSR count).